The van der Waals surface area contributed by atoms with Crippen LogP contribution in [0.25, 0.3) is 11.1 Å². The molecule has 0 aromatic heterocycles. The van der Waals surface area contributed by atoms with Crippen LogP contribution in [0.4, 0.5) is 0 Å². The molecule has 0 bridgehead atoms. The zero-order valence-corrected chi connectivity index (χ0v) is 13.6. The quantitative estimate of drug-likeness (QED) is 0.480. The second-order valence-corrected chi connectivity index (χ2v) is 6.34. The molecule has 0 unspecified atom stereocenters. The van der Waals surface area contributed by atoms with E-state index >= 15 is 0 Å². The minimum atomic E-state index is 1.12. The molecule has 2 rings (SSSR count). The first-order valence-electron chi connectivity index (χ1n) is 4.38. The highest BCUT2D eigenvalue weighted by Crippen LogP contribution is 2.31. The lowest BCUT2D eigenvalue weighted by Gasteiger charge is -2.07. The summed E-state index contributed by atoms with van der Waals surface area (Å²) in [7, 11) is 0. The molecule has 0 aliphatic carbocycles. The highest BCUT2D eigenvalue weighted by Gasteiger charge is 2.06. The second-order valence-electron chi connectivity index (χ2n) is 3.10. The second kappa shape index (κ2) is 5.14. The maximum Gasteiger partial charge on any atom is 0.0209 e. The van der Waals surface area contributed by atoms with Crippen LogP contribution in [-0.4, -0.2) is 0 Å². The number of halogens is 3. The SMILES string of the molecule is Brc1ccc(I)c(-c2ccccc2I)c1. The Morgan fingerprint density at radius 2 is 1.47 bits per heavy atom. The Morgan fingerprint density at radius 3 is 2.20 bits per heavy atom. The van der Waals surface area contributed by atoms with Crippen LogP contribution in [0.5, 0.6) is 0 Å². The lowest BCUT2D eigenvalue weighted by molar-refractivity contribution is 1.53. The van der Waals surface area contributed by atoms with Crippen LogP contribution in [0.3, 0.4) is 0 Å². The fraction of sp³-hybridized carbons (Fsp3) is 0. The van der Waals surface area contributed by atoms with E-state index in [9.17, 15) is 0 Å². The van der Waals surface area contributed by atoms with Crippen molar-refractivity contribution in [2.75, 3.05) is 0 Å². The molecule has 0 atom stereocenters. The Bertz CT molecular complexity index is 495. The summed E-state index contributed by atoms with van der Waals surface area (Å²) in [6, 6.07) is 14.8. The van der Waals surface area contributed by atoms with Gasteiger partial charge in [0.2, 0.25) is 0 Å². The van der Waals surface area contributed by atoms with E-state index in [1.807, 2.05) is 0 Å². The van der Waals surface area contributed by atoms with Gasteiger partial charge in [-0.15, -0.1) is 0 Å². The van der Waals surface area contributed by atoms with E-state index in [4.69, 9.17) is 0 Å². The number of rotatable bonds is 1. The molecular weight excluding hydrogens is 478 g/mol. The predicted octanol–water partition coefficient (Wildman–Crippen LogP) is 5.33. The standard InChI is InChI=1S/C12H7BrI2/c13-8-5-6-12(15)10(7-8)9-3-1-2-4-11(9)14/h1-7H. The van der Waals surface area contributed by atoms with Crippen LogP contribution >= 0.6 is 61.1 Å². The van der Waals surface area contributed by atoms with Crippen molar-refractivity contribution < 1.29 is 0 Å². The van der Waals surface area contributed by atoms with E-state index in [0.717, 1.165) is 4.47 Å². The lowest BCUT2D eigenvalue weighted by Crippen LogP contribution is -1.86. The van der Waals surface area contributed by atoms with Gasteiger partial charge in [-0.2, -0.15) is 0 Å². The molecule has 0 fully saturated rings. The maximum absolute atomic E-state index is 3.51. The summed E-state index contributed by atoms with van der Waals surface area (Å²) >= 11 is 8.26. The van der Waals surface area contributed by atoms with Crippen molar-refractivity contribution in [1.82, 2.24) is 0 Å². The van der Waals surface area contributed by atoms with Gasteiger partial charge < -0.3 is 0 Å². The van der Waals surface area contributed by atoms with Crippen LogP contribution in [-0.2, 0) is 0 Å². The molecule has 0 saturated carbocycles. The molecule has 3 heteroatoms. The molecule has 0 heterocycles. The Kier molecular flexibility index (Phi) is 4.06. The average molecular weight is 485 g/mol. The molecule has 0 aliphatic rings. The van der Waals surface area contributed by atoms with Crippen LogP contribution in [0.1, 0.15) is 0 Å². The molecule has 0 N–H and O–H groups in total. The molecule has 0 aliphatic heterocycles. The summed E-state index contributed by atoms with van der Waals surface area (Å²) in [5.41, 5.74) is 2.58. The molecule has 15 heavy (non-hydrogen) atoms. The zero-order chi connectivity index (χ0) is 10.8. The van der Waals surface area contributed by atoms with Crippen molar-refractivity contribution in [3.63, 3.8) is 0 Å². The minimum absolute atomic E-state index is 1.12. The van der Waals surface area contributed by atoms with Gasteiger partial charge in [0.15, 0.2) is 0 Å². The van der Waals surface area contributed by atoms with Crippen LogP contribution in [0.15, 0.2) is 46.9 Å². The van der Waals surface area contributed by atoms with Gasteiger partial charge in [-0.25, -0.2) is 0 Å². The van der Waals surface area contributed by atoms with Gasteiger partial charge in [-0.05, 0) is 80.6 Å². The van der Waals surface area contributed by atoms with Crippen molar-refractivity contribution in [2.24, 2.45) is 0 Å². The average Bonchev–Trinajstić information content (AvgIpc) is 2.23. The summed E-state index contributed by atoms with van der Waals surface area (Å²) in [6.45, 7) is 0. The number of hydrogen-bond acceptors (Lipinski definition) is 0. The van der Waals surface area contributed by atoms with Gasteiger partial charge in [0.1, 0.15) is 0 Å². The monoisotopic (exact) mass is 484 g/mol. The molecule has 0 saturated heterocycles. The third-order valence-electron chi connectivity index (χ3n) is 2.09. The lowest BCUT2D eigenvalue weighted by atomic mass is 10.1. The summed E-state index contributed by atoms with van der Waals surface area (Å²) in [6.07, 6.45) is 0. The highest BCUT2D eigenvalue weighted by atomic mass is 127. The Hall–Kier alpha value is 0.380. The Morgan fingerprint density at radius 1 is 0.800 bits per heavy atom. The van der Waals surface area contributed by atoms with Crippen molar-refractivity contribution in [3.8, 4) is 11.1 Å². The molecule has 0 spiro atoms. The van der Waals surface area contributed by atoms with Crippen LogP contribution in [0.2, 0.25) is 0 Å². The Labute approximate surface area is 125 Å². The molecular formula is C12H7BrI2. The summed E-state index contributed by atoms with van der Waals surface area (Å²) in [5.74, 6) is 0. The predicted molar refractivity (Wildman–Crippen MR) is 85.0 cm³/mol. The van der Waals surface area contributed by atoms with Crippen molar-refractivity contribution >= 4 is 61.1 Å². The smallest absolute Gasteiger partial charge is 0.0209 e. The first-order chi connectivity index (χ1) is 7.18. The molecule has 76 valence electrons. The van der Waals surface area contributed by atoms with Gasteiger partial charge in [0.05, 0.1) is 0 Å². The van der Waals surface area contributed by atoms with E-state index in [2.05, 4.69) is 104 Å². The molecule has 0 radical (unpaired) electrons. The Balaban J connectivity index is 2.64. The van der Waals surface area contributed by atoms with Crippen molar-refractivity contribution in [1.29, 1.82) is 0 Å². The van der Waals surface area contributed by atoms with Gasteiger partial charge in [0, 0.05) is 11.6 Å². The van der Waals surface area contributed by atoms with Gasteiger partial charge >= 0.3 is 0 Å². The fourth-order valence-corrected chi connectivity index (χ4v) is 3.05. The van der Waals surface area contributed by atoms with Crippen molar-refractivity contribution in [2.45, 2.75) is 0 Å². The van der Waals surface area contributed by atoms with E-state index in [0.29, 0.717) is 0 Å². The van der Waals surface area contributed by atoms with Crippen LogP contribution < -0.4 is 0 Å². The number of benzene rings is 2. The largest absolute Gasteiger partial charge is 0.0616 e. The topological polar surface area (TPSA) is 0 Å². The van der Waals surface area contributed by atoms with E-state index in [1.165, 1.54) is 18.3 Å². The summed E-state index contributed by atoms with van der Waals surface area (Å²) in [5, 5.41) is 0. The van der Waals surface area contributed by atoms with Gasteiger partial charge in [-0.3, -0.25) is 0 Å². The zero-order valence-electron chi connectivity index (χ0n) is 7.68. The maximum atomic E-state index is 3.51. The minimum Gasteiger partial charge on any atom is -0.0616 e. The molecule has 0 amide bonds. The molecule has 2 aromatic carbocycles. The van der Waals surface area contributed by atoms with E-state index in [1.54, 1.807) is 0 Å². The van der Waals surface area contributed by atoms with Gasteiger partial charge in [-0.1, -0.05) is 34.1 Å². The van der Waals surface area contributed by atoms with E-state index in [-0.39, 0.29) is 0 Å². The first kappa shape index (κ1) is 11.9. The fourth-order valence-electron chi connectivity index (χ4n) is 1.38. The number of hydrogen-bond donors (Lipinski definition) is 0. The summed E-state index contributed by atoms with van der Waals surface area (Å²) in [4.78, 5) is 0. The van der Waals surface area contributed by atoms with Gasteiger partial charge in [0.25, 0.3) is 0 Å². The highest BCUT2D eigenvalue weighted by molar-refractivity contribution is 14.1. The van der Waals surface area contributed by atoms with Crippen LogP contribution in [0, 0.1) is 7.14 Å². The molecule has 0 nitrogen and oxygen atoms in total. The van der Waals surface area contributed by atoms with E-state index < -0.39 is 0 Å². The molecule has 2 aromatic rings. The van der Waals surface area contributed by atoms with Crippen molar-refractivity contribution in [3.05, 3.63) is 54.1 Å². The third-order valence-corrected chi connectivity index (χ3v) is 4.47. The normalized spacial score (nSPS) is 10.3. The third kappa shape index (κ3) is 2.74. The summed E-state index contributed by atoms with van der Waals surface area (Å²) < 4.78 is 3.68. The first-order valence-corrected chi connectivity index (χ1v) is 7.33.